The van der Waals surface area contributed by atoms with Crippen LogP contribution in [0.4, 0.5) is 17.2 Å². The minimum atomic E-state index is 0.814. The lowest BCUT2D eigenvalue weighted by Crippen LogP contribution is -2.02. The van der Waals surface area contributed by atoms with Crippen molar-refractivity contribution in [1.29, 1.82) is 0 Å². The molecule has 1 N–H and O–H groups in total. The summed E-state index contributed by atoms with van der Waals surface area (Å²) in [6.07, 6.45) is 3.36. The van der Waals surface area contributed by atoms with Crippen LogP contribution in [0, 0.1) is 0 Å². The lowest BCUT2D eigenvalue weighted by atomic mass is 10.3. The van der Waals surface area contributed by atoms with E-state index < -0.39 is 0 Å². The molecule has 3 rings (SSSR count). The highest BCUT2D eigenvalue weighted by Crippen LogP contribution is 2.34. The zero-order valence-electron chi connectivity index (χ0n) is 9.92. The van der Waals surface area contributed by atoms with E-state index in [9.17, 15) is 0 Å². The number of rotatable bonds is 1. The van der Waals surface area contributed by atoms with Gasteiger partial charge in [0, 0.05) is 6.20 Å². The summed E-state index contributed by atoms with van der Waals surface area (Å²) in [5.74, 6) is 1.78. The van der Waals surface area contributed by atoms with Crippen molar-refractivity contribution in [3.05, 3.63) is 42.4 Å². The molecule has 0 spiro atoms. The number of nitrogens with one attached hydrogen (secondary N) is 1. The van der Waals surface area contributed by atoms with E-state index in [1.807, 2.05) is 30.5 Å². The second-order valence-electron chi connectivity index (χ2n) is 3.78. The van der Waals surface area contributed by atoms with Gasteiger partial charge in [-0.1, -0.05) is 19.1 Å². The van der Waals surface area contributed by atoms with Gasteiger partial charge in [-0.15, -0.1) is 11.8 Å². The van der Waals surface area contributed by atoms with E-state index in [0.717, 1.165) is 33.6 Å². The topological polar surface area (TPSA) is 50.2 Å². The molecule has 4 nitrogen and oxygen atoms in total. The van der Waals surface area contributed by atoms with Crippen molar-refractivity contribution in [3.63, 3.8) is 0 Å². The third-order valence-electron chi connectivity index (χ3n) is 2.60. The summed E-state index contributed by atoms with van der Waals surface area (Å²) in [4.78, 5) is 13.1. The minimum Gasteiger partial charge on any atom is -0.338 e. The summed E-state index contributed by atoms with van der Waals surface area (Å²) in [6.45, 7) is 2.11. The van der Waals surface area contributed by atoms with Crippen LogP contribution in [-0.4, -0.2) is 20.8 Å². The van der Waals surface area contributed by atoms with Gasteiger partial charge in [-0.05, 0) is 17.9 Å². The summed E-state index contributed by atoms with van der Waals surface area (Å²) >= 11 is 1.70. The van der Waals surface area contributed by atoms with Gasteiger partial charge in [0.05, 0.1) is 16.9 Å². The molecule has 0 saturated heterocycles. The molecule has 2 aromatic rings. The number of aromatic nitrogens is 2. The molecular weight excluding hydrogens is 244 g/mol. The normalized spacial score (nSPS) is 12.8. The molecule has 90 valence electrons. The third kappa shape index (κ3) is 1.97. The highest BCUT2D eigenvalue weighted by atomic mass is 32.2. The lowest BCUT2D eigenvalue weighted by molar-refractivity contribution is 1.16. The van der Waals surface area contributed by atoms with E-state index in [1.165, 1.54) is 0 Å². The molecule has 5 heteroatoms. The van der Waals surface area contributed by atoms with Gasteiger partial charge in [-0.25, -0.2) is 15.0 Å². The zero-order valence-corrected chi connectivity index (χ0v) is 10.7. The molecule has 0 amide bonds. The monoisotopic (exact) mass is 256 g/mol. The van der Waals surface area contributed by atoms with Crippen molar-refractivity contribution in [2.45, 2.75) is 6.92 Å². The van der Waals surface area contributed by atoms with Crippen molar-refractivity contribution >= 4 is 34.0 Å². The fourth-order valence-corrected chi connectivity index (χ4v) is 2.55. The molecule has 0 radical (unpaired) electrons. The lowest BCUT2D eigenvalue weighted by Gasteiger charge is -2.07. The first-order valence-electron chi connectivity index (χ1n) is 5.76. The van der Waals surface area contributed by atoms with Crippen LogP contribution in [0.25, 0.3) is 0 Å². The number of fused-ring (bicyclic) bond motifs is 2. The van der Waals surface area contributed by atoms with Crippen molar-refractivity contribution in [2.75, 3.05) is 11.1 Å². The number of benzene rings is 1. The average molecular weight is 256 g/mol. The molecule has 2 heterocycles. The Bertz CT molecular complexity index is 609. The highest BCUT2D eigenvalue weighted by Gasteiger charge is 2.16. The number of hydrogen-bond donors (Lipinski definition) is 1. The Morgan fingerprint density at radius 2 is 2.17 bits per heavy atom. The van der Waals surface area contributed by atoms with Gasteiger partial charge in [0.15, 0.2) is 0 Å². The van der Waals surface area contributed by atoms with E-state index in [2.05, 4.69) is 22.2 Å². The molecule has 0 fully saturated rings. The van der Waals surface area contributed by atoms with Gasteiger partial charge < -0.3 is 5.32 Å². The van der Waals surface area contributed by atoms with Crippen molar-refractivity contribution in [2.24, 2.45) is 4.99 Å². The zero-order chi connectivity index (χ0) is 12.4. The van der Waals surface area contributed by atoms with E-state index in [4.69, 9.17) is 4.99 Å². The van der Waals surface area contributed by atoms with Crippen LogP contribution in [0.2, 0.25) is 0 Å². The number of anilines is 2. The molecule has 1 aliphatic rings. The van der Waals surface area contributed by atoms with Gasteiger partial charge in [0.1, 0.15) is 17.2 Å². The van der Waals surface area contributed by atoms with Crippen LogP contribution < -0.4 is 5.32 Å². The number of para-hydroxylation sites is 2. The third-order valence-corrected chi connectivity index (χ3v) is 3.48. The Morgan fingerprint density at radius 1 is 1.28 bits per heavy atom. The molecule has 0 unspecified atom stereocenters. The predicted octanol–water partition coefficient (Wildman–Crippen LogP) is 3.37. The molecule has 0 aliphatic carbocycles. The van der Waals surface area contributed by atoms with Crippen LogP contribution in [0.3, 0.4) is 0 Å². The Morgan fingerprint density at radius 3 is 3.06 bits per heavy atom. The Hall–Kier alpha value is -1.88. The van der Waals surface area contributed by atoms with Gasteiger partial charge in [-0.3, -0.25) is 0 Å². The maximum absolute atomic E-state index is 4.71. The largest absolute Gasteiger partial charge is 0.338 e. The minimum absolute atomic E-state index is 0.814. The predicted molar refractivity (Wildman–Crippen MR) is 76.1 cm³/mol. The van der Waals surface area contributed by atoms with Gasteiger partial charge in [0.25, 0.3) is 0 Å². The summed E-state index contributed by atoms with van der Waals surface area (Å²) < 4.78 is 0. The van der Waals surface area contributed by atoms with Crippen molar-refractivity contribution < 1.29 is 0 Å². The van der Waals surface area contributed by atoms with Crippen LogP contribution >= 0.6 is 11.8 Å². The number of nitrogens with zero attached hydrogens (tertiary/aromatic N) is 3. The van der Waals surface area contributed by atoms with Crippen molar-refractivity contribution in [3.8, 4) is 0 Å². The molecular formula is C13H12N4S. The van der Waals surface area contributed by atoms with E-state index in [0.29, 0.717) is 0 Å². The van der Waals surface area contributed by atoms with E-state index >= 15 is 0 Å². The summed E-state index contributed by atoms with van der Waals surface area (Å²) in [5.41, 5.74) is 2.87. The average Bonchev–Trinajstić information content (AvgIpc) is 2.56. The first-order chi connectivity index (χ1) is 8.88. The van der Waals surface area contributed by atoms with Crippen LogP contribution in [0.15, 0.2) is 41.8 Å². The SMILES string of the molecule is CCSC1=Nc2ccccc2Nc2ncncc21. The molecule has 1 aromatic carbocycles. The van der Waals surface area contributed by atoms with Crippen LogP contribution in [0.5, 0.6) is 0 Å². The highest BCUT2D eigenvalue weighted by molar-refractivity contribution is 8.14. The number of hydrogen-bond acceptors (Lipinski definition) is 5. The number of aliphatic imine (C=N–C) groups is 1. The smallest absolute Gasteiger partial charge is 0.143 e. The molecule has 0 bridgehead atoms. The van der Waals surface area contributed by atoms with E-state index in [-0.39, 0.29) is 0 Å². The second-order valence-corrected chi connectivity index (χ2v) is 5.03. The quantitative estimate of drug-likeness (QED) is 0.850. The van der Waals surface area contributed by atoms with Crippen molar-refractivity contribution in [1.82, 2.24) is 9.97 Å². The summed E-state index contributed by atoms with van der Waals surface area (Å²) in [6, 6.07) is 7.97. The molecule has 1 aliphatic heterocycles. The van der Waals surface area contributed by atoms with Gasteiger partial charge in [-0.2, -0.15) is 0 Å². The first kappa shape index (κ1) is 11.2. The standard InChI is InChI=1S/C13H12N4S/c1-2-18-13-9-7-14-8-15-12(9)16-10-5-3-4-6-11(10)17-13/h3-8H,2H2,1H3,(H,14,15,16). The maximum Gasteiger partial charge on any atom is 0.143 e. The van der Waals surface area contributed by atoms with E-state index in [1.54, 1.807) is 18.1 Å². The fourth-order valence-electron chi connectivity index (χ4n) is 1.81. The van der Waals surface area contributed by atoms with Gasteiger partial charge in [0.2, 0.25) is 0 Å². The second kappa shape index (κ2) is 4.78. The fraction of sp³-hybridized carbons (Fsp3) is 0.154. The Kier molecular flexibility index (Phi) is 2.98. The number of thioether (sulfide) groups is 1. The van der Waals surface area contributed by atoms with Crippen LogP contribution in [0.1, 0.15) is 12.5 Å². The molecule has 1 aromatic heterocycles. The maximum atomic E-state index is 4.71. The first-order valence-corrected chi connectivity index (χ1v) is 6.75. The molecule has 0 saturated carbocycles. The summed E-state index contributed by atoms with van der Waals surface area (Å²) in [7, 11) is 0. The Labute approximate surface area is 110 Å². The molecule has 0 atom stereocenters. The van der Waals surface area contributed by atoms with Gasteiger partial charge >= 0.3 is 0 Å². The summed E-state index contributed by atoms with van der Waals surface area (Å²) in [5, 5.41) is 4.28. The Balaban J connectivity index is 2.19. The van der Waals surface area contributed by atoms with Crippen LogP contribution in [-0.2, 0) is 0 Å². The molecule has 18 heavy (non-hydrogen) atoms.